The Morgan fingerprint density at radius 1 is 1.38 bits per heavy atom. The van der Waals surface area contributed by atoms with Gasteiger partial charge in [0.25, 0.3) is 0 Å². The highest BCUT2D eigenvalue weighted by atomic mass is 35.5. The van der Waals surface area contributed by atoms with Crippen LogP contribution < -0.4 is 12.4 Å². The van der Waals surface area contributed by atoms with Crippen LogP contribution >= 0.6 is 12.4 Å². The first-order chi connectivity index (χ1) is 9.16. The molecule has 0 bridgehead atoms. The fourth-order valence-corrected chi connectivity index (χ4v) is 2.76. The number of imidazole rings is 1. The number of nitrogens with zero attached hydrogens (tertiary/aromatic N) is 2. The molecule has 5 nitrogen and oxygen atoms in total. The second kappa shape index (κ2) is 7.11. The Bertz CT molecular complexity index is 636. The van der Waals surface area contributed by atoms with E-state index in [0.29, 0.717) is 6.04 Å². The largest absolute Gasteiger partial charge is 1.00 e. The summed E-state index contributed by atoms with van der Waals surface area (Å²) < 4.78 is 7.60. The van der Waals surface area contributed by atoms with Gasteiger partial charge in [-0.3, -0.25) is 0 Å². The summed E-state index contributed by atoms with van der Waals surface area (Å²) in [4.78, 5) is 15.5. The number of ether oxygens (including phenoxy) is 1. The van der Waals surface area contributed by atoms with Crippen molar-refractivity contribution in [1.82, 2.24) is 9.55 Å². The van der Waals surface area contributed by atoms with E-state index >= 15 is 0 Å². The van der Waals surface area contributed by atoms with Gasteiger partial charge in [-0.1, -0.05) is 0 Å². The van der Waals surface area contributed by atoms with Crippen LogP contribution in [0, 0.1) is 6.92 Å². The third kappa shape index (κ3) is 3.31. The van der Waals surface area contributed by atoms with Crippen LogP contribution in [0.15, 0.2) is 18.2 Å². The van der Waals surface area contributed by atoms with Gasteiger partial charge in [0.1, 0.15) is 5.82 Å². The molecule has 1 aliphatic rings. The SMILES string of the molecule is Cc1nc2cc(C(=O)O)ccc2n1C1CCOCC1.Cl.[Cl-]. The van der Waals surface area contributed by atoms with Gasteiger partial charge in [0.15, 0.2) is 0 Å². The number of hydrogen-bond acceptors (Lipinski definition) is 3. The minimum Gasteiger partial charge on any atom is -1.00 e. The number of aromatic nitrogens is 2. The molecule has 3 rings (SSSR count). The van der Waals surface area contributed by atoms with Crippen molar-refractivity contribution in [2.45, 2.75) is 25.8 Å². The summed E-state index contributed by atoms with van der Waals surface area (Å²) in [5.74, 6) is 0.0182. The Hall–Kier alpha value is -1.30. The molecular weight excluding hydrogens is 315 g/mol. The molecule has 2 heterocycles. The number of fused-ring (bicyclic) bond motifs is 1. The highest BCUT2D eigenvalue weighted by Gasteiger charge is 2.20. The standard InChI is InChI=1S/C14H16N2O3.2ClH/c1-9-15-12-8-10(14(17)18)2-3-13(12)16(9)11-4-6-19-7-5-11;;/h2-3,8,11H,4-7H2,1H3,(H,17,18);2*1H/p-1. The predicted octanol–water partition coefficient (Wildman–Crippen LogP) is -0.180. The summed E-state index contributed by atoms with van der Waals surface area (Å²) in [7, 11) is 0. The third-order valence-corrected chi connectivity index (χ3v) is 3.67. The number of carboxylic acids is 1. The average Bonchev–Trinajstić information content (AvgIpc) is 2.74. The van der Waals surface area contributed by atoms with Gasteiger partial charge in [0.2, 0.25) is 0 Å². The Morgan fingerprint density at radius 2 is 2.05 bits per heavy atom. The molecule has 0 saturated carbocycles. The van der Waals surface area contributed by atoms with Crippen molar-refractivity contribution in [3.8, 4) is 0 Å². The van der Waals surface area contributed by atoms with E-state index in [9.17, 15) is 4.79 Å². The fourth-order valence-electron chi connectivity index (χ4n) is 2.76. The molecule has 1 saturated heterocycles. The van der Waals surface area contributed by atoms with E-state index in [1.54, 1.807) is 12.1 Å². The van der Waals surface area contributed by atoms with E-state index in [-0.39, 0.29) is 30.4 Å². The second-order valence-corrected chi connectivity index (χ2v) is 4.88. The smallest absolute Gasteiger partial charge is 0.335 e. The maximum Gasteiger partial charge on any atom is 0.335 e. The zero-order valence-corrected chi connectivity index (χ0v) is 13.2. The van der Waals surface area contributed by atoms with Gasteiger partial charge in [-0.05, 0) is 38.0 Å². The van der Waals surface area contributed by atoms with Crippen molar-refractivity contribution in [3.63, 3.8) is 0 Å². The average molecular weight is 332 g/mol. The normalized spacial score (nSPS) is 15.3. The molecule has 0 radical (unpaired) electrons. The maximum absolute atomic E-state index is 11.0. The lowest BCUT2D eigenvalue weighted by Crippen LogP contribution is -3.00. The molecule has 0 unspecified atom stereocenters. The van der Waals surface area contributed by atoms with E-state index in [0.717, 1.165) is 42.9 Å². The van der Waals surface area contributed by atoms with Crippen LogP contribution in [-0.2, 0) is 4.74 Å². The number of halogens is 2. The number of rotatable bonds is 2. The van der Waals surface area contributed by atoms with Crippen LogP contribution in [0.1, 0.15) is 35.1 Å². The molecule has 116 valence electrons. The second-order valence-electron chi connectivity index (χ2n) is 4.88. The Balaban J connectivity index is 0.00000110. The molecule has 1 aromatic carbocycles. The maximum atomic E-state index is 11.0. The van der Waals surface area contributed by atoms with E-state index in [1.807, 2.05) is 13.0 Å². The molecule has 0 spiro atoms. The van der Waals surface area contributed by atoms with Crippen LogP contribution in [0.25, 0.3) is 11.0 Å². The van der Waals surface area contributed by atoms with Crippen LogP contribution in [-0.4, -0.2) is 33.8 Å². The van der Waals surface area contributed by atoms with E-state index in [1.165, 1.54) is 0 Å². The van der Waals surface area contributed by atoms with Crippen molar-refractivity contribution in [2.24, 2.45) is 0 Å². The molecule has 0 atom stereocenters. The molecule has 7 heteroatoms. The van der Waals surface area contributed by atoms with Crippen molar-refractivity contribution < 1.29 is 27.0 Å². The molecule has 21 heavy (non-hydrogen) atoms. The summed E-state index contributed by atoms with van der Waals surface area (Å²) in [6, 6.07) is 5.53. The summed E-state index contributed by atoms with van der Waals surface area (Å²) in [5, 5.41) is 9.02. The lowest BCUT2D eigenvalue weighted by atomic mass is 10.1. The van der Waals surface area contributed by atoms with Crippen LogP contribution in [0.3, 0.4) is 0 Å². The van der Waals surface area contributed by atoms with Crippen LogP contribution in [0.4, 0.5) is 0 Å². The highest BCUT2D eigenvalue weighted by Crippen LogP contribution is 2.28. The van der Waals surface area contributed by atoms with E-state index in [4.69, 9.17) is 9.84 Å². The lowest BCUT2D eigenvalue weighted by Gasteiger charge is -2.25. The summed E-state index contributed by atoms with van der Waals surface area (Å²) in [6.07, 6.45) is 1.96. The Labute approximate surface area is 135 Å². The van der Waals surface area contributed by atoms with Crippen molar-refractivity contribution in [1.29, 1.82) is 0 Å². The van der Waals surface area contributed by atoms with Gasteiger partial charge >= 0.3 is 5.97 Å². The summed E-state index contributed by atoms with van der Waals surface area (Å²) >= 11 is 0. The molecule has 0 amide bonds. The zero-order chi connectivity index (χ0) is 13.4. The van der Waals surface area contributed by atoms with Crippen LogP contribution in [0.5, 0.6) is 0 Å². The number of carbonyl (C=O) groups is 1. The highest BCUT2D eigenvalue weighted by molar-refractivity contribution is 5.92. The van der Waals surface area contributed by atoms with E-state index < -0.39 is 5.97 Å². The monoisotopic (exact) mass is 331 g/mol. The fraction of sp³-hybridized carbons (Fsp3) is 0.429. The van der Waals surface area contributed by atoms with Gasteiger partial charge in [-0.15, -0.1) is 12.4 Å². The predicted molar refractivity (Wildman–Crippen MR) is 77.8 cm³/mol. The van der Waals surface area contributed by atoms with Gasteiger partial charge in [-0.2, -0.15) is 0 Å². The number of benzene rings is 1. The van der Waals surface area contributed by atoms with Gasteiger partial charge < -0.3 is 26.8 Å². The molecule has 1 N–H and O–H groups in total. The third-order valence-electron chi connectivity index (χ3n) is 3.67. The number of carboxylic acid groups (broad SMARTS) is 1. The van der Waals surface area contributed by atoms with Gasteiger partial charge in [0, 0.05) is 19.3 Å². The summed E-state index contributed by atoms with van der Waals surface area (Å²) in [6.45, 7) is 3.52. The number of aryl methyl sites for hydroxylation is 1. The molecule has 2 aromatic rings. The first-order valence-electron chi connectivity index (χ1n) is 6.46. The first-order valence-corrected chi connectivity index (χ1v) is 6.46. The molecule has 1 aliphatic heterocycles. The quantitative estimate of drug-likeness (QED) is 0.829. The van der Waals surface area contributed by atoms with Crippen molar-refractivity contribution >= 4 is 29.4 Å². The number of hydrogen-bond donors (Lipinski definition) is 1. The molecule has 0 aliphatic carbocycles. The van der Waals surface area contributed by atoms with Crippen molar-refractivity contribution in [2.75, 3.05) is 13.2 Å². The summed E-state index contributed by atoms with van der Waals surface area (Å²) in [5.41, 5.74) is 2.04. The van der Waals surface area contributed by atoms with E-state index in [2.05, 4.69) is 9.55 Å². The van der Waals surface area contributed by atoms with Crippen molar-refractivity contribution in [3.05, 3.63) is 29.6 Å². The first kappa shape index (κ1) is 17.8. The Kier molecular flexibility index (Phi) is 6.01. The lowest BCUT2D eigenvalue weighted by molar-refractivity contribution is -0.0000215. The van der Waals surface area contributed by atoms with Gasteiger partial charge in [0.05, 0.1) is 16.6 Å². The Morgan fingerprint density at radius 3 is 2.67 bits per heavy atom. The van der Waals surface area contributed by atoms with Crippen LogP contribution in [0.2, 0.25) is 0 Å². The minimum atomic E-state index is -0.917. The number of aromatic carboxylic acids is 1. The minimum absolute atomic E-state index is 0. The zero-order valence-electron chi connectivity index (χ0n) is 11.6. The molecule has 1 aromatic heterocycles. The van der Waals surface area contributed by atoms with Gasteiger partial charge in [-0.25, -0.2) is 9.78 Å². The topological polar surface area (TPSA) is 64.3 Å². The molecular formula is C14H17Cl2N2O3-. The molecule has 1 fully saturated rings.